The van der Waals surface area contributed by atoms with Crippen LogP contribution in [-0.2, 0) is 6.42 Å². The van der Waals surface area contributed by atoms with E-state index in [9.17, 15) is 0 Å². The van der Waals surface area contributed by atoms with Gasteiger partial charge in [0.05, 0.1) is 0 Å². The van der Waals surface area contributed by atoms with Crippen molar-refractivity contribution in [2.24, 2.45) is 5.73 Å². The first-order valence-electron chi connectivity index (χ1n) is 5.57. The molecule has 0 spiro atoms. The maximum Gasteiger partial charge on any atom is 0.223 e. The summed E-state index contributed by atoms with van der Waals surface area (Å²) in [5.41, 5.74) is 6.13. The lowest BCUT2D eigenvalue weighted by Crippen LogP contribution is -2.20. The van der Waals surface area contributed by atoms with Crippen LogP contribution >= 0.6 is 23.6 Å². The van der Waals surface area contributed by atoms with E-state index in [0.717, 1.165) is 6.42 Å². The molecule has 0 amide bonds. The molecule has 0 aliphatic heterocycles. The molecule has 0 fully saturated rings. The van der Waals surface area contributed by atoms with Gasteiger partial charge in [0, 0.05) is 23.5 Å². The van der Waals surface area contributed by atoms with Gasteiger partial charge in [-0.3, -0.25) is 0 Å². The number of nitrogens with one attached hydrogen (secondary N) is 1. The standard InChI is InChI=1S/C12H14N4S2/c1-8(7-9-3-2-6-18-9)15-12-14-5-4-10(16-12)11(13)17/h2-6,8H,7H2,1H3,(H2,13,17)(H,14,15,16). The van der Waals surface area contributed by atoms with Crippen LogP contribution in [0.5, 0.6) is 0 Å². The largest absolute Gasteiger partial charge is 0.388 e. The van der Waals surface area contributed by atoms with Crippen molar-refractivity contribution in [3.05, 3.63) is 40.3 Å². The van der Waals surface area contributed by atoms with Crippen molar-refractivity contribution in [1.82, 2.24) is 9.97 Å². The van der Waals surface area contributed by atoms with E-state index in [1.54, 1.807) is 23.6 Å². The zero-order chi connectivity index (χ0) is 13.0. The number of anilines is 1. The van der Waals surface area contributed by atoms with E-state index < -0.39 is 0 Å². The Bertz CT molecular complexity index is 525. The Morgan fingerprint density at radius 3 is 3.06 bits per heavy atom. The molecule has 2 aromatic rings. The fourth-order valence-electron chi connectivity index (χ4n) is 1.57. The molecule has 18 heavy (non-hydrogen) atoms. The highest BCUT2D eigenvalue weighted by Gasteiger charge is 2.07. The van der Waals surface area contributed by atoms with E-state index in [1.807, 2.05) is 0 Å². The fourth-order valence-corrected chi connectivity index (χ4v) is 2.52. The number of nitrogens with zero attached hydrogens (tertiary/aromatic N) is 2. The first-order valence-corrected chi connectivity index (χ1v) is 6.85. The number of nitrogens with two attached hydrogens (primary N) is 1. The second-order valence-electron chi connectivity index (χ2n) is 3.96. The third-order valence-corrected chi connectivity index (χ3v) is 3.48. The number of hydrogen-bond donors (Lipinski definition) is 2. The number of hydrogen-bond acceptors (Lipinski definition) is 5. The van der Waals surface area contributed by atoms with Gasteiger partial charge in [0.15, 0.2) is 0 Å². The third-order valence-electron chi connectivity index (χ3n) is 2.37. The first-order chi connectivity index (χ1) is 8.65. The molecule has 0 aliphatic rings. The quantitative estimate of drug-likeness (QED) is 0.821. The Kier molecular flexibility index (Phi) is 4.22. The summed E-state index contributed by atoms with van der Waals surface area (Å²) in [6.07, 6.45) is 2.60. The number of thiophene rings is 1. The van der Waals surface area contributed by atoms with E-state index >= 15 is 0 Å². The Labute approximate surface area is 115 Å². The van der Waals surface area contributed by atoms with Crippen LogP contribution < -0.4 is 11.1 Å². The lowest BCUT2D eigenvalue weighted by atomic mass is 10.2. The Balaban J connectivity index is 2.00. The maximum absolute atomic E-state index is 5.54. The minimum absolute atomic E-state index is 0.255. The van der Waals surface area contributed by atoms with Crippen molar-refractivity contribution < 1.29 is 0 Å². The molecule has 2 aromatic heterocycles. The monoisotopic (exact) mass is 278 g/mol. The summed E-state index contributed by atoms with van der Waals surface area (Å²) >= 11 is 6.64. The average molecular weight is 278 g/mol. The van der Waals surface area contributed by atoms with E-state index in [0.29, 0.717) is 11.6 Å². The van der Waals surface area contributed by atoms with Crippen molar-refractivity contribution in [1.29, 1.82) is 0 Å². The van der Waals surface area contributed by atoms with Gasteiger partial charge in [-0.25, -0.2) is 9.97 Å². The van der Waals surface area contributed by atoms with E-state index in [-0.39, 0.29) is 11.0 Å². The summed E-state index contributed by atoms with van der Waals surface area (Å²) in [4.78, 5) is 10.0. The lowest BCUT2D eigenvalue weighted by Gasteiger charge is -2.13. The fraction of sp³-hybridized carbons (Fsp3) is 0.250. The van der Waals surface area contributed by atoms with Crippen LogP contribution in [-0.4, -0.2) is 21.0 Å². The highest BCUT2D eigenvalue weighted by Crippen LogP contribution is 2.13. The van der Waals surface area contributed by atoms with E-state index in [1.165, 1.54) is 4.88 Å². The van der Waals surface area contributed by atoms with Crippen molar-refractivity contribution in [2.75, 3.05) is 5.32 Å². The summed E-state index contributed by atoms with van der Waals surface area (Å²) < 4.78 is 0. The predicted octanol–water partition coefficient (Wildman–Crippen LogP) is 2.22. The molecule has 4 nitrogen and oxygen atoms in total. The molecule has 0 aromatic carbocycles. The van der Waals surface area contributed by atoms with Crippen LogP contribution in [0.1, 0.15) is 17.5 Å². The zero-order valence-electron chi connectivity index (χ0n) is 9.96. The van der Waals surface area contributed by atoms with Gasteiger partial charge in [-0.2, -0.15) is 0 Å². The van der Waals surface area contributed by atoms with Crippen LogP contribution in [0.25, 0.3) is 0 Å². The molecule has 1 atom stereocenters. The molecule has 2 rings (SSSR count). The van der Waals surface area contributed by atoms with Gasteiger partial charge in [0.2, 0.25) is 5.95 Å². The van der Waals surface area contributed by atoms with E-state index in [2.05, 4.69) is 39.7 Å². The van der Waals surface area contributed by atoms with Crippen LogP contribution in [0.4, 0.5) is 5.95 Å². The molecule has 0 saturated heterocycles. The van der Waals surface area contributed by atoms with Crippen LogP contribution in [0.15, 0.2) is 29.8 Å². The van der Waals surface area contributed by atoms with Crippen molar-refractivity contribution in [3.8, 4) is 0 Å². The van der Waals surface area contributed by atoms with Crippen molar-refractivity contribution in [3.63, 3.8) is 0 Å². The summed E-state index contributed by atoms with van der Waals surface area (Å²) in [5, 5.41) is 5.32. The molecule has 2 heterocycles. The summed E-state index contributed by atoms with van der Waals surface area (Å²) in [7, 11) is 0. The molecule has 0 aliphatic carbocycles. The minimum Gasteiger partial charge on any atom is -0.388 e. The van der Waals surface area contributed by atoms with Crippen LogP contribution in [0, 0.1) is 0 Å². The molecule has 94 valence electrons. The van der Waals surface area contributed by atoms with Crippen LogP contribution in [0.2, 0.25) is 0 Å². The first kappa shape index (κ1) is 12.9. The maximum atomic E-state index is 5.54. The Morgan fingerprint density at radius 2 is 2.39 bits per heavy atom. The van der Waals surface area contributed by atoms with Gasteiger partial charge < -0.3 is 11.1 Å². The SMILES string of the molecule is CC(Cc1cccs1)Nc1nccc(C(N)=S)n1. The minimum atomic E-state index is 0.255. The van der Waals surface area contributed by atoms with Gasteiger partial charge in [0.25, 0.3) is 0 Å². The Hall–Kier alpha value is -1.53. The molecular formula is C12H14N4S2. The van der Waals surface area contributed by atoms with Crippen molar-refractivity contribution >= 4 is 34.5 Å². The van der Waals surface area contributed by atoms with Gasteiger partial charge >= 0.3 is 0 Å². The number of aromatic nitrogens is 2. The smallest absolute Gasteiger partial charge is 0.223 e. The molecule has 1 unspecified atom stereocenters. The van der Waals surface area contributed by atoms with Crippen LogP contribution in [0.3, 0.4) is 0 Å². The number of thiocarbonyl (C=S) groups is 1. The summed E-state index contributed by atoms with van der Waals surface area (Å²) in [5.74, 6) is 0.560. The third kappa shape index (κ3) is 3.48. The number of rotatable bonds is 5. The van der Waals surface area contributed by atoms with Crippen molar-refractivity contribution in [2.45, 2.75) is 19.4 Å². The second kappa shape index (κ2) is 5.88. The summed E-state index contributed by atoms with van der Waals surface area (Å²) in [6.45, 7) is 2.09. The second-order valence-corrected chi connectivity index (χ2v) is 5.43. The molecule has 3 N–H and O–H groups in total. The predicted molar refractivity (Wildman–Crippen MR) is 79.0 cm³/mol. The average Bonchev–Trinajstić information content (AvgIpc) is 2.82. The van der Waals surface area contributed by atoms with Gasteiger partial charge in [-0.1, -0.05) is 18.3 Å². The molecular weight excluding hydrogens is 264 g/mol. The van der Waals surface area contributed by atoms with Gasteiger partial charge in [-0.05, 0) is 24.4 Å². The molecule has 0 bridgehead atoms. The Morgan fingerprint density at radius 1 is 1.56 bits per heavy atom. The molecule has 0 radical (unpaired) electrons. The normalized spacial score (nSPS) is 12.1. The topological polar surface area (TPSA) is 63.8 Å². The van der Waals surface area contributed by atoms with Gasteiger partial charge in [-0.15, -0.1) is 11.3 Å². The molecule has 0 saturated carbocycles. The molecule has 6 heteroatoms. The lowest BCUT2D eigenvalue weighted by molar-refractivity contribution is 0.786. The highest BCUT2D eigenvalue weighted by atomic mass is 32.1. The summed E-state index contributed by atoms with van der Waals surface area (Å²) in [6, 6.07) is 6.13. The highest BCUT2D eigenvalue weighted by molar-refractivity contribution is 7.80. The van der Waals surface area contributed by atoms with E-state index in [4.69, 9.17) is 18.0 Å². The zero-order valence-corrected chi connectivity index (χ0v) is 11.6. The van der Waals surface area contributed by atoms with Gasteiger partial charge in [0.1, 0.15) is 10.7 Å².